The Morgan fingerprint density at radius 2 is 2.14 bits per heavy atom. The highest BCUT2D eigenvalue weighted by Crippen LogP contribution is 2.28. The van der Waals surface area contributed by atoms with E-state index in [1.54, 1.807) is 30.5 Å². The van der Waals surface area contributed by atoms with Crippen LogP contribution in [0.4, 0.5) is 4.39 Å². The van der Waals surface area contributed by atoms with Crippen molar-refractivity contribution in [3.05, 3.63) is 53.1 Å². The Bertz CT molecular complexity index is 844. The SMILES string of the molecule is COC(=O)c1nc(-c2ccc3occc3c2)c(F)cc1Cl. The molecule has 0 saturated heterocycles. The third-order valence-electron chi connectivity index (χ3n) is 3.03. The van der Waals surface area contributed by atoms with Crippen LogP contribution in [0.15, 0.2) is 41.0 Å². The second-order valence-electron chi connectivity index (χ2n) is 4.31. The van der Waals surface area contributed by atoms with E-state index in [2.05, 4.69) is 9.72 Å². The smallest absolute Gasteiger partial charge is 0.358 e. The number of benzene rings is 1. The average Bonchev–Trinajstić information content (AvgIpc) is 2.94. The number of carbonyl (C=O) groups is 1. The van der Waals surface area contributed by atoms with Gasteiger partial charge in [0, 0.05) is 10.9 Å². The fourth-order valence-electron chi connectivity index (χ4n) is 2.02. The summed E-state index contributed by atoms with van der Waals surface area (Å²) >= 11 is 5.82. The summed E-state index contributed by atoms with van der Waals surface area (Å²) in [5, 5.41) is 0.718. The van der Waals surface area contributed by atoms with Gasteiger partial charge in [-0.3, -0.25) is 0 Å². The molecule has 0 fully saturated rings. The van der Waals surface area contributed by atoms with E-state index in [9.17, 15) is 9.18 Å². The lowest BCUT2D eigenvalue weighted by molar-refractivity contribution is 0.0594. The van der Waals surface area contributed by atoms with Crippen molar-refractivity contribution >= 4 is 28.5 Å². The number of fused-ring (bicyclic) bond motifs is 1. The Hall–Kier alpha value is -2.40. The first-order chi connectivity index (χ1) is 10.1. The molecule has 0 saturated carbocycles. The van der Waals surface area contributed by atoms with Gasteiger partial charge in [0.2, 0.25) is 0 Å². The van der Waals surface area contributed by atoms with Gasteiger partial charge < -0.3 is 9.15 Å². The summed E-state index contributed by atoms with van der Waals surface area (Å²) in [6, 6.07) is 7.90. The van der Waals surface area contributed by atoms with Crippen LogP contribution in [-0.2, 0) is 4.74 Å². The Labute approximate surface area is 124 Å². The molecule has 0 aliphatic heterocycles. The summed E-state index contributed by atoms with van der Waals surface area (Å²) in [4.78, 5) is 15.6. The predicted octanol–water partition coefficient (Wildman–Crippen LogP) is 4.07. The van der Waals surface area contributed by atoms with Crippen LogP contribution in [0, 0.1) is 5.82 Å². The number of esters is 1. The lowest BCUT2D eigenvalue weighted by atomic mass is 10.1. The molecule has 0 spiro atoms. The number of pyridine rings is 1. The van der Waals surface area contributed by atoms with Gasteiger partial charge in [0.15, 0.2) is 11.5 Å². The summed E-state index contributed by atoms with van der Waals surface area (Å²) in [5.41, 5.74) is 1.11. The number of carbonyl (C=O) groups excluding carboxylic acids is 1. The highest BCUT2D eigenvalue weighted by molar-refractivity contribution is 6.33. The van der Waals surface area contributed by atoms with Gasteiger partial charge in [0.1, 0.15) is 11.3 Å². The molecule has 0 atom stereocenters. The molecule has 3 rings (SSSR count). The number of methoxy groups -OCH3 is 1. The molecule has 4 nitrogen and oxygen atoms in total. The number of hydrogen-bond donors (Lipinski definition) is 0. The lowest BCUT2D eigenvalue weighted by Gasteiger charge is -2.07. The Morgan fingerprint density at radius 1 is 1.33 bits per heavy atom. The van der Waals surface area contributed by atoms with Crippen molar-refractivity contribution in [3.8, 4) is 11.3 Å². The van der Waals surface area contributed by atoms with E-state index in [-0.39, 0.29) is 16.4 Å². The molecule has 106 valence electrons. The number of halogens is 2. The van der Waals surface area contributed by atoms with E-state index in [0.717, 1.165) is 11.5 Å². The van der Waals surface area contributed by atoms with Gasteiger partial charge in [-0.15, -0.1) is 0 Å². The second kappa shape index (κ2) is 5.18. The van der Waals surface area contributed by atoms with Crippen LogP contribution in [-0.4, -0.2) is 18.1 Å². The molecule has 6 heteroatoms. The summed E-state index contributed by atoms with van der Waals surface area (Å²) in [6.45, 7) is 0. The van der Waals surface area contributed by atoms with Crippen LogP contribution >= 0.6 is 11.6 Å². The Kier molecular flexibility index (Phi) is 3.35. The van der Waals surface area contributed by atoms with Crippen LogP contribution in [0.25, 0.3) is 22.2 Å². The average molecular weight is 306 g/mol. The molecule has 0 aliphatic rings. The first kappa shape index (κ1) is 13.6. The number of hydrogen-bond acceptors (Lipinski definition) is 4. The van der Waals surface area contributed by atoms with Gasteiger partial charge >= 0.3 is 5.97 Å². The Morgan fingerprint density at radius 3 is 2.90 bits per heavy atom. The zero-order valence-electron chi connectivity index (χ0n) is 10.9. The number of nitrogens with zero attached hydrogens (tertiary/aromatic N) is 1. The quantitative estimate of drug-likeness (QED) is 0.670. The molecule has 0 bridgehead atoms. The van der Waals surface area contributed by atoms with Gasteiger partial charge in [-0.05, 0) is 30.3 Å². The maximum absolute atomic E-state index is 14.1. The standard InChI is InChI=1S/C15H9ClFNO3/c1-20-15(19)14-10(16)7-11(17)13(18-14)9-2-3-12-8(6-9)4-5-21-12/h2-7H,1H3. The van der Waals surface area contributed by atoms with Gasteiger partial charge in [0.25, 0.3) is 0 Å². The molecule has 0 aliphatic carbocycles. The predicted molar refractivity (Wildman–Crippen MR) is 75.8 cm³/mol. The highest BCUT2D eigenvalue weighted by Gasteiger charge is 2.18. The van der Waals surface area contributed by atoms with E-state index in [4.69, 9.17) is 16.0 Å². The number of furan rings is 1. The van der Waals surface area contributed by atoms with Gasteiger partial charge in [0.05, 0.1) is 18.4 Å². The monoisotopic (exact) mass is 305 g/mol. The number of ether oxygens (including phenoxy) is 1. The Balaban J connectivity index is 2.18. The van der Waals surface area contributed by atoms with Gasteiger partial charge in [-0.2, -0.15) is 0 Å². The molecule has 21 heavy (non-hydrogen) atoms. The first-order valence-electron chi connectivity index (χ1n) is 6.02. The van der Waals surface area contributed by atoms with Crippen LogP contribution < -0.4 is 0 Å². The third kappa shape index (κ3) is 2.36. The van der Waals surface area contributed by atoms with Crippen molar-refractivity contribution < 1.29 is 18.3 Å². The molecule has 0 radical (unpaired) electrons. The molecular weight excluding hydrogens is 297 g/mol. The van der Waals surface area contributed by atoms with Crippen molar-refractivity contribution in [2.45, 2.75) is 0 Å². The maximum atomic E-state index is 14.1. The molecule has 2 aromatic heterocycles. The molecule has 0 unspecified atom stereocenters. The fraction of sp³-hybridized carbons (Fsp3) is 0.0667. The van der Waals surface area contributed by atoms with E-state index in [1.165, 1.54) is 7.11 Å². The van der Waals surface area contributed by atoms with E-state index in [0.29, 0.717) is 11.1 Å². The summed E-state index contributed by atoms with van der Waals surface area (Å²) in [6.07, 6.45) is 1.54. The fourth-order valence-corrected chi connectivity index (χ4v) is 2.24. The van der Waals surface area contributed by atoms with Crippen molar-refractivity contribution in [3.63, 3.8) is 0 Å². The van der Waals surface area contributed by atoms with Gasteiger partial charge in [-0.1, -0.05) is 11.6 Å². The van der Waals surface area contributed by atoms with E-state index >= 15 is 0 Å². The molecular formula is C15H9ClFNO3. The molecule has 0 amide bonds. The van der Waals surface area contributed by atoms with Crippen molar-refractivity contribution in [1.29, 1.82) is 0 Å². The van der Waals surface area contributed by atoms with Crippen molar-refractivity contribution in [2.75, 3.05) is 7.11 Å². The van der Waals surface area contributed by atoms with Crippen LogP contribution in [0.3, 0.4) is 0 Å². The molecule has 3 aromatic rings. The van der Waals surface area contributed by atoms with Crippen molar-refractivity contribution in [2.24, 2.45) is 0 Å². The maximum Gasteiger partial charge on any atom is 0.358 e. The summed E-state index contributed by atoms with van der Waals surface area (Å²) in [5.74, 6) is -1.33. The minimum absolute atomic E-state index is 0.0305. The normalized spacial score (nSPS) is 10.8. The number of rotatable bonds is 2. The molecule has 2 heterocycles. The zero-order chi connectivity index (χ0) is 15.0. The molecule has 1 aromatic carbocycles. The number of aromatic nitrogens is 1. The van der Waals surface area contributed by atoms with Crippen LogP contribution in [0.1, 0.15) is 10.5 Å². The van der Waals surface area contributed by atoms with E-state index < -0.39 is 11.8 Å². The van der Waals surface area contributed by atoms with Gasteiger partial charge in [-0.25, -0.2) is 14.2 Å². The third-order valence-corrected chi connectivity index (χ3v) is 3.32. The van der Waals surface area contributed by atoms with Crippen molar-refractivity contribution in [1.82, 2.24) is 4.98 Å². The topological polar surface area (TPSA) is 52.3 Å². The summed E-state index contributed by atoms with van der Waals surface area (Å²) < 4.78 is 23.9. The van der Waals surface area contributed by atoms with Crippen LogP contribution in [0.2, 0.25) is 5.02 Å². The first-order valence-corrected chi connectivity index (χ1v) is 6.40. The molecule has 0 N–H and O–H groups in total. The summed E-state index contributed by atoms with van der Waals surface area (Å²) in [7, 11) is 1.21. The largest absolute Gasteiger partial charge is 0.464 e. The highest BCUT2D eigenvalue weighted by atomic mass is 35.5. The minimum Gasteiger partial charge on any atom is -0.464 e. The minimum atomic E-state index is -0.717. The lowest BCUT2D eigenvalue weighted by Crippen LogP contribution is -2.07. The second-order valence-corrected chi connectivity index (χ2v) is 4.72. The van der Waals surface area contributed by atoms with E-state index in [1.807, 2.05) is 0 Å². The van der Waals surface area contributed by atoms with Crippen LogP contribution in [0.5, 0.6) is 0 Å². The zero-order valence-corrected chi connectivity index (χ0v) is 11.6.